The minimum atomic E-state index is 0.212. The molecule has 0 bridgehead atoms. The molecule has 1 aliphatic rings. The van der Waals surface area contributed by atoms with Crippen LogP contribution in [0.25, 0.3) is 0 Å². The Labute approximate surface area is 96.0 Å². The average Bonchev–Trinajstić information content (AvgIpc) is 2.27. The van der Waals surface area contributed by atoms with Crippen LogP contribution in [0.2, 0.25) is 0 Å². The van der Waals surface area contributed by atoms with E-state index < -0.39 is 0 Å². The van der Waals surface area contributed by atoms with Crippen molar-refractivity contribution >= 4 is 12.0 Å². The fourth-order valence-electron chi connectivity index (χ4n) is 2.25. The molecule has 3 heteroatoms. The van der Waals surface area contributed by atoms with Crippen LogP contribution >= 0.6 is 0 Å². The third-order valence-corrected chi connectivity index (χ3v) is 2.82. The molecule has 2 atom stereocenters. The lowest BCUT2D eigenvalue weighted by molar-refractivity contribution is -0.00525. The van der Waals surface area contributed by atoms with E-state index >= 15 is 0 Å². The summed E-state index contributed by atoms with van der Waals surface area (Å²) in [4.78, 5) is 13.2. The van der Waals surface area contributed by atoms with E-state index in [1.807, 2.05) is 24.3 Å². The number of hydrogen-bond acceptors (Lipinski definition) is 3. The number of nitrogens with zero attached hydrogens (tertiary/aromatic N) is 1. The van der Waals surface area contributed by atoms with Gasteiger partial charge in [-0.25, -0.2) is 0 Å². The fraction of sp³-hybridized carbons (Fsp3) is 0.462. The first-order valence-electron chi connectivity index (χ1n) is 5.65. The molecule has 0 radical (unpaired) electrons. The van der Waals surface area contributed by atoms with Gasteiger partial charge < -0.3 is 9.64 Å². The second kappa shape index (κ2) is 4.66. The van der Waals surface area contributed by atoms with Crippen LogP contribution in [0.3, 0.4) is 0 Å². The standard InChI is InChI=1S/C13H17NO2/c1-10-7-14(8-11(2)16-10)13-6-4-3-5-12(13)9-15/h3-6,9-11H,7-8H2,1-2H3/t10-,11+. The van der Waals surface area contributed by atoms with E-state index in [9.17, 15) is 4.79 Å². The van der Waals surface area contributed by atoms with Crippen LogP contribution in [0.4, 0.5) is 5.69 Å². The van der Waals surface area contributed by atoms with Gasteiger partial charge in [-0.05, 0) is 26.0 Å². The number of carbonyl (C=O) groups excluding carboxylic acids is 1. The van der Waals surface area contributed by atoms with Crippen LogP contribution in [0, 0.1) is 0 Å². The quantitative estimate of drug-likeness (QED) is 0.713. The molecule has 2 rings (SSSR count). The number of anilines is 1. The van der Waals surface area contributed by atoms with Crippen LogP contribution in [0.15, 0.2) is 24.3 Å². The molecule has 1 aliphatic heterocycles. The summed E-state index contributed by atoms with van der Waals surface area (Å²) in [6, 6.07) is 7.70. The van der Waals surface area contributed by atoms with E-state index in [1.165, 1.54) is 0 Å². The van der Waals surface area contributed by atoms with Gasteiger partial charge in [0, 0.05) is 24.3 Å². The van der Waals surface area contributed by atoms with Gasteiger partial charge in [0.1, 0.15) is 0 Å². The van der Waals surface area contributed by atoms with E-state index in [1.54, 1.807) is 0 Å². The minimum absolute atomic E-state index is 0.212. The highest BCUT2D eigenvalue weighted by atomic mass is 16.5. The molecule has 0 aromatic heterocycles. The van der Waals surface area contributed by atoms with Gasteiger partial charge in [0.15, 0.2) is 6.29 Å². The first kappa shape index (κ1) is 11.1. The predicted octanol–water partition coefficient (Wildman–Crippen LogP) is 2.11. The molecule has 86 valence electrons. The normalized spacial score (nSPS) is 25.5. The molecular weight excluding hydrogens is 202 g/mol. The van der Waals surface area contributed by atoms with Crippen molar-refractivity contribution in [2.24, 2.45) is 0 Å². The summed E-state index contributed by atoms with van der Waals surface area (Å²) in [7, 11) is 0. The van der Waals surface area contributed by atoms with E-state index in [4.69, 9.17) is 4.74 Å². The highest BCUT2D eigenvalue weighted by Crippen LogP contribution is 2.23. The monoisotopic (exact) mass is 219 g/mol. The van der Waals surface area contributed by atoms with Crippen molar-refractivity contribution in [1.82, 2.24) is 0 Å². The van der Waals surface area contributed by atoms with Gasteiger partial charge in [-0.15, -0.1) is 0 Å². The number of carbonyl (C=O) groups is 1. The highest BCUT2D eigenvalue weighted by molar-refractivity contribution is 5.84. The van der Waals surface area contributed by atoms with E-state index in [2.05, 4.69) is 18.7 Å². The summed E-state index contributed by atoms with van der Waals surface area (Å²) >= 11 is 0. The maximum absolute atomic E-state index is 11.0. The third-order valence-electron chi connectivity index (χ3n) is 2.82. The zero-order chi connectivity index (χ0) is 11.5. The van der Waals surface area contributed by atoms with Gasteiger partial charge in [-0.1, -0.05) is 12.1 Å². The van der Waals surface area contributed by atoms with Crippen molar-refractivity contribution in [2.75, 3.05) is 18.0 Å². The molecule has 1 saturated heterocycles. The Bertz CT molecular complexity index is 368. The maximum atomic E-state index is 11.0. The van der Waals surface area contributed by atoms with Gasteiger partial charge in [0.2, 0.25) is 0 Å². The number of benzene rings is 1. The third kappa shape index (κ3) is 2.25. The number of rotatable bonds is 2. The average molecular weight is 219 g/mol. The minimum Gasteiger partial charge on any atom is -0.372 e. The topological polar surface area (TPSA) is 29.5 Å². The Morgan fingerprint density at radius 1 is 1.25 bits per heavy atom. The lowest BCUT2D eigenvalue weighted by Gasteiger charge is -2.37. The van der Waals surface area contributed by atoms with Crippen molar-refractivity contribution in [3.05, 3.63) is 29.8 Å². The lowest BCUT2D eigenvalue weighted by atomic mass is 10.1. The number of para-hydroxylation sites is 1. The molecule has 0 amide bonds. The Hall–Kier alpha value is -1.35. The molecule has 3 nitrogen and oxygen atoms in total. The Morgan fingerprint density at radius 2 is 1.88 bits per heavy atom. The summed E-state index contributed by atoms with van der Waals surface area (Å²) in [6.45, 7) is 5.81. The Kier molecular flexibility index (Phi) is 3.25. The second-order valence-corrected chi connectivity index (χ2v) is 4.34. The molecule has 1 fully saturated rings. The summed E-state index contributed by atoms with van der Waals surface area (Å²) in [5, 5.41) is 0. The fourth-order valence-corrected chi connectivity index (χ4v) is 2.25. The van der Waals surface area contributed by atoms with Crippen LogP contribution < -0.4 is 4.90 Å². The van der Waals surface area contributed by atoms with Crippen LogP contribution in [-0.4, -0.2) is 31.6 Å². The summed E-state index contributed by atoms with van der Waals surface area (Å²) in [6.07, 6.45) is 1.34. The number of ether oxygens (including phenoxy) is 1. The Balaban J connectivity index is 2.25. The summed E-state index contributed by atoms with van der Waals surface area (Å²) in [5.41, 5.74) is 1.77. The van der Waals surface area contributed by atoms with Crippen molar-refractivity contribution < 1.29 is 9.53 Å². The smallest absolute Gasteiger partial charge is 0.152 e. The molecule has 1 aromatic rings. The van der Waals surface area contributed by atoms with Crippen LogP contribution in [-0.2, 0) is 4.74 Å². The molecule has 0 N–H and O–H groups in total. The van der Waals surface area contributed by atoms with Crippen LogP contribution in [0.1, 0.15) is 24.2 Å². The largest absolute Gasteiger partial charge is 0.372 e. The second-order valence-electron chi connectivity index (χ2n) is 4.34. The molecule has 0 unspecified atom stereocenters. The maximum Gasteiger partial charge on any atom is 0.152 e. The zero-order valence-electron chi connectivity index (χ0n) is 9.72. The van der Waals surface area contributed by atoms with E-state index in [0.29, 0.717) is 0 Å². The molecule has 0 aliphatic carbocycles. The van der Waals surface area contributed by atoms with Crippen LogP contribution in [0.5, 0.6) is 0 Å². The number of morpholine rings is 1. The first-order valence-corrected chi connectivity index (χ1v) is 5.65. The van der Waals surface area contributed by atoms with Gasteiger partial charge >= 0.3 is 0 Å². The molecule has 16 heavy (non-hydrogen) atoms. The zero-order valence-corrected chi connectivity index (χ0v) is 9.72. The van der Waals surface area contributed by atoms with Crippen molar-refractivity contribution in [1.29, 1.82) is 0 Å². The summed E-state index contributed by atoms with van der Waals surface area (Å²) < 4.78 is 5.68. The van der Waals surface area contributed by atoms with E-state index in [-0.39, 0.29) is 12.2 Å². The number of aldehydes is 1. The van der Waals surface area contributed by atoms with Crippen molar-refractivity contribution in [3.8, 4) is 0 Å². The van der Waals surface area contributed by atoms with Gasteiger partial charge in [-0.2, -0.15) is 0 Å². The summed E-state index contributed by atoms with van der Waals surface area (Å²) in [5.74, 6) is 0. The molecule has 1 aromatic carbocycles. The lowest BCUT2D eigenvalue weighted by Crippen LogP contribution is -2.45. The van der Waals surface area contributed by atoms with Gasteiger partial charge in [-0.3, -0.25) is 4.79 Å². The molecule has 0 spiro atoms. The first-order chi connectivity index (χ1) is 7.70. The Morgan fingerprint density at radius 3 is 2.50 bits per heavy atom. The predicted molar refractivity (Wildman–Crippen MR) is 64.1 cm³/mol. The van der Waals surface area contributed by atoms with Crippen molar-refractivity contribution in [3.63, 3.8) is 0 Å². The molecular formula is C13H17NO2. The SMILES string of the molecule is C[C@@H]1CN(c2ccccc2C=O)C[C@H](C)O1. The van der Waals surface area contributed by atoms with Gasteiger partial charge in [0.25, 0.3) is 0 Å². The number of hydrogen-bond donors (Lipinski definition) is 0. The van der Waals surface area contributed by atoms with E-state index in [0.717, 1.165) is 30.6 Å². The van der Waals surface area contributed by atoms with Gasteiger partial charge in [0.05, 0.1) is 12.2 Å². The highest BCUT2D eigenvalue weighted by Gasteiger charge is 2.23. The molecule has 1 heterocycles. The molecule has 0 saturated carbocycles. The van der Waals surface area contributed by atoms with Crippen molar-refractivity contribution in [2.45, 2.75) is 26.1 Å².